The molecule has 0 unspecified atom stereocenters. The maximum atomic E-state index is 9.04. The molecule has 0 saturated carbocycles. The van der Waals surface area contributed by atoms with Gasteiger partial charge >= 0.3 is 0 Å². The minimum atomic E-state index is -0.0761. The molecule has 0 amide bonds. The lowest BCUT2D eigenvalue weighted by molar-refractivity contribution is 0.283. The van der Waals surface area contributed by atoms with Crippen molar-refractivity contribution in [3.8, 4) is 5.75 Å². The molecule has 104 valence electrons. The Labute approximate surface area is 117 Å². The van der Waals surface area contributed by atoms with E-state index in [1.807, 2.05) is 30.3 Å². The number of para-hydroxylation sites is 1. The van der Waals surface area contributed by atoms with E-state index in [1.165, 1.54) is 0 Å². The number of nitrogens with one attached hydrogen (secondary N) is 1. The van der Waals surface area contributed by atoms with E-state index >= 15 is 0 Å². The lowest BCUT2D eigenvalue weighted by atomic mass is 10.1. The van der Waals surface area contributed by atoms with Crippen molar-refractivity contribution in [2.45, 2.75) is 13.0 Å². The Morgan fingerprint density at radius 3 is 2.70 bits per heavy atom. The summed E-state index contributed by atoms with van der Waals surface area (Å²) in [5, 5.41) is 16.5. The number of ether oxygens (including phenoxy) is 1. The van der Waals surface area contributed by atoms with E-state index in [2.05, 4.69) is 4.98 Å². The first-order chi connectivity index (χ1) is 9.72. The Balaban J connectivity index is 2.15. The zero-order valence-electron chi connectivity index (χ0n) is 11.0. The van der Waals surface area contributed by atoms with Gasteiger partial charge in [-0.05, 0) is 24.1 Å². The van der Waals surface area contributed by atoms with Crippen LogP contribution in [-0.2, 0) is 13.0 Å². The van der Waals surface area contributed by atoms with E-state index in [0.717, 1.165) is 16.9 Å². The van der Waals surface area contributed by atoms with E-state index in [0.29, 0.717) is 12.1 Å². The average molecular weight is 271 g/mol. The Kier molecular flexibility index (Phi) is 4.68. The highest BCUT2D eigenvalue weighted by molar-refractivity contribution is 5.94. The van der Waals surface area contributed by atoms with Gasteiger partial charge in [0.15, 0.2) is 0 Å². The number of pyridine rings is 1. The van der Waals surface area contributed by atoms with Crippen molar-refractivity contribution < 1.29 is 9.84 Å². The summed E-state index contributed by atoms with van der Waals surface area (Å²) >= 11 is 0. The van der Waals surface area contributed by atoms with Gasteiger partial charge < -0.3 is 15.6 Å². The fourth-order valence-corrected chi connectivity index (χ4v) is 1.92. The Hall–Kier alpha value is -2.40. The number of aliphatic hydroxyl groups excluding tert-OH is 1. The Bertz CT molecular complexity index is 599. The van der Waals surface area contributed by atoms with E-state index in [1.54, 1.807) is 12.3 Å². The van der Waals surface area contributed by atoms with Crippen molar-refractivity contribution in [2.24, 2.45) is 5.73 Å². The van der Waals surface area contributed by atoms with Crippen LogP contribution in [0.15, 0.2) is 42.6 Å². The molecule has 0 atom stereocenters. The van der Waals surface area contributed by atoms with E-state index < -0.39 is 0 Å². The summed E-state index contributed by atoms with van der Waals surface area (Å²) in [5.41, 5.74) is 7.64. The van der Waals surface area contributed by atoms with Crippen LogP contribution in [0.3, 0.4) is 0 Å². The number of rotatable bonds is 6. The van der Waals surface area contributed by atoms with Crippen molar-refractivity contribution >= 4 is 5.84 Å². The van der Waals surface area contributed by atoms with Gasteiger partial charge in [-0.3, -0.25) is 10.4 Å². The highest BCUT2D eigenvalue weighted by atomic mass is 16.5. The van der Waals surface area contributed by atoms with Crippen molar-refractivity contribution in [2.75, 3.05) is 6.61 Å². The summed E-state index contributed by atoms with van der Waals surface area (Å²) in [6, 6.07) is 11.2. The predicted octanol–water partition coefficient (Wildman–Crippen LogP) is 1.48. The third kappa shape index (κ3) is 3.33. The second kappa shape index (κ2) is 6.68. The van der Waals surface area contributed by atoms with E-state index in [-0.39, 0.29) is 19.0 Å². The first kappa shape index (κ1) is 14.0. The molecule has 0 bridgehead atoms. The zero-order valence-corrected chi connectivity index (χ0v) is 11.0. The van der Waals surface area contributed by atoms with Crippen LogP contribution in [0.5, 0.6) is 5.75 Å². The van der Waals surface area contributed by atoms with Gasteiger partial charge in [-0.1, -0.05) is 24.3 Å². The maximum Gasteiger partial charge on any atom is 0.142 e. The molecule has 1 aromatic carbocycles. The lowest BCUT2D eigenvalue weighted by Gasteiger charge is -2.12. The molecule has 0 spiro atoms. The molecule has 0 saturated heterocycles. The van der Waals surface area contributed by atoms with Crippen LogP contribution in [0.4, 0.5) is 0 Å². The second-order valence-electron chi connectivity index (χ2n) is 4.29. The standard InChI is InChI=1S/C15H17N3O2/c16-15(17)14-12(5-3-8-18-14)10-20-13-6-2-1-4-11(13)7-9-19/h1-6,8,19H,7,9-10H2,(H3,16,17). The van der Waals surface area contributed by atoms with Gasteiger partial charge in [0, 0.05) is 18.4 Å². The first-order valence-corrected chi connectivity index (χ1v) is 6.32. The van der Waals surface area contributed by atoms with Gasteiger partial charge in [0.1, 0.15) is 23.9 Å². The van der Waals surface area contributed by atoms with Crippen LogP contribution < -0.4 is 10.5 Å². The third-order valence-electron chi connectivity index (χ3n) is 2.88. The molecule has 5 heteroatoms. The van der Waals surface area contributed by atoms with E-state index in [9.17, 15) is 0 Å². The molecule has 5 nitrogen and oxygen atoms in total. The topological polar surface area (TPSA) is 92.2 Å². The highest BCUT2D eigenvalue weighted by Gasteiger charge is 2.08. The summed E-state index contributed by atoms with van der Waals surface area (Å²) in [6.07, 6.45) is 2.14. The summed E-state index contributed by atoms with van der Waals surface area (Å²) < 4.78 is 5.76. The fourth-order valence-electron chi connectivity index (χ4n) is 1.92. The summed E-state index contributed by atoms with van der Waals surface area (Å²) in [4.78, 5) is 4.08. The van der Waals surface area contributed by atoms with Crippen LogP contribution in [0.2, 0.25) is 0 Å². The molecule has 0 aliphatic heterocycles. The minimum absolute atomic E-state index is 0.0754. The summed E-state index contributed by atoms with van der Waals surface area (Å²) in [6.45, 7) is 0.358. The average Bonchev–Trinajstić information content (AvgIpc) is 2.47. The largest absolute Gasteiger partial charge is 0.489 e. The van der Waals surface area contributed by atoms with Crippen molar-refractivity contribution in [1.29, 1.82) is 5.41 Å². The fraction of sp³-hybridized carbons (Fsp3) is 0.200. The number of nitrogens with two attached hydrogens (primary N) is 1. The number of hydrogen-bond acceptors (Lipinski definition) is 4. The minimum Gasteiger partial charge on any atom is -0.489 e. The summed E-state index contributed by atoms with van der Waals surface area (Å²) in [5.74, 6) is 0.646. The number of nitrogen functional groups attached to an aromatic ring is 1. The zero-order chi connectivity index (χ0) is 14.4. The number of aromatic nitrogens is 1. The smallest absolute Gasteiger partial charge is 0.142 e. The number of hydrogen-bond donors (Lipinski definition) is 3. The van der Waals surface area contributed by atoms with Crippen molar-refractivity contribution in [1.82, 2.24) is 4.98 Å². The maximum absolute atomic E-state index is 9.04. The van der Waals surface area contributed by atoms with Gasteiger partial charge in [-0.2, -0.15) is 0 Å². The number of benzene rings is 1. The van der Waals surface area contributed by atoms with Gasteiger partial charge in [0.2, 0.25) is 0 Å². The van der Waals surface area contributed by atoms with Gasteiger partial charge in [-0.15, -0.1) is 0 Å². The van der Waals surface area contributed by atoms with Crippen molar-refractivity contribution in [3.63, 3.8) is 0 Å². The molecule has 1 heterocycles. The molecule has 0 aliphatic carbocycles. The molecule has 4 N–H and O–H groups in total. The third-order valence-corrected chi connectivity index (χ3v) is 2.88. The van der Waals surface area contributed by atoms with Crippen LogP contribution in [-0.4, -0.2) is 22.5 Å². The molecule has 2 rings (SSSR count). The molecular formula is C15H17N3O2. The molecule has 0 aliphatic rings. The first-order valence-electron chi connectivity index (χ1n) is 6.32. The summed E-state index contributed by atoms with van der Waals surface area (Å²) in [7, 11) is 0. The quantitative estimate of drug-likeness (QED) is 0.548. The van der Waals surface area contributed by atoms with Crippen LogP contribution in [0.25, 0.3) is 0 Å². The van der Waals surface area contributed by atoms with Gasteiger partial charge in [-0.25, -0.2) is 0 Å². The Morgan fingerprint density at radius 1 is 1.20 bits per heavy atom. The van der Waals surface area contributed by atoms with Crippen LogP contribution in [0.1, 0.15) is 16.8 Å². The Morgan fingerprint density at radius 2 is 1.95 bits per heavy atom. The second-order valence-corrected chi connectivity index (χ2v) is 4.29. The number of nitrogens with zero attached hydrogens (tertiary/aromatic N) is 1. The molecule has 2 aromatic rings. The van der Waals surface area contributed by atoms with Crippen LogP contribution >= 0.6 is 0 Å². The predicted molar refractivity (Wildman–Crippen MR) is 76.8 cm³/mol. The van der Waals surface area contributed by atoms with Gasteiger partial charge in [0.05, 0.1) is 0 Å². The molecule has 20 heavy (non-hydrogen) atoms. The molecular weight excluding hydrogens is 254 g/mol. The number of aliphatic hydroxyl groups is 1. The van der Waals surface area contributed by atoms with E-state index in [4.69, 9.17) is 21.0 Å². The normalized spacial score (nSPS) is 10.2. The van der Waals surface area contributed by atoms with Gasteiger partial charge in [0.25, 0.3) is 0 Å². The molecule has 1 aromatic heterocycles. The molecule has 0 radical (unpaired) electrons. The van der Waals surface area contributed by atoms with Crippen molar-refractivity contribution in [3.05, 3.63) is 59.4 Å². The number of amidine groups is 1. The SMILES string of the molecule is N=C(N)c1ncccc1COc1ccccc1CCO. The highest BCUT2D eigenvalue weighted by Crippen LogP contribution is 2.20. The van der Waals surface area contributed by atoms with Crippen LogP contribution in [0, 0.1) is 5.41 Å². The monoisotopic (exact) mass is 271 g/mol. The lowest BCUT2D eigenvalue weighted by Crippen LogP contribution is -2.16. The molecule has 0 fully saturated rings.